The molecule has 12 rings (SSSR count). The lowest BCUT2D eigenvalue weighted by molar-refractivity contribution is 0.311. The molecule has 2 aliphatic rings. The Bertz CT molecular complexity index is 3270. The number of rotatable bonds is 7. The Morgan fingerprint density at radius 1 is 0.615 bits per heavy atom. The molecule has 10 nitrogen and oxygen atoms in total. The standard InChI is InChI=1S/C26H26N2O2S.3C9H7NO.Al/c1-25(2)9-11-28-12-10-26(3,4)20-21(28)17(25)14-15-13-16(24(29)30-22(15)20)23-27-18-7-5-6-8-19(18)31-23;3*11-8-5-1-3-7-4-2-6-10-9(7)8;/h5-8,13-14H,9-12H2,1-4H3;3*1-6,11H;/q;;;;+3/p-3. The van der Waals surface area contributed by atoms with E-state index in [2.05, 4.69) is 53.6 Å². The van der Waals surface area contributed by atoms with E-state index in [-0.39, 0.29) is 16.5 Å². The summed E-state index contributed by atoms with van der Waals surface area (Å²) in [6.45, 7) is 11.3. The van der Waals surface area contributed by atoms with Crippen molar-refractivity contribution in [3.63, 3.8) is 0 Å². The fourth-order valence-corrected chi connectivity index (χ4v) is 11.5. The molecule has 65 heavy (non-hydrogen) atoms. The van der Waals surface area contributed by atoms with E-state index >= 15 is 0 Å². The summed E-state index contributed by atoms with van der Waals surface area (Å²) in [5, 5.41) is 4.67. The minimum atomic E-state index is -2.86. The van der Waals surface area contributed by atoms with Gasteiger partial charge < -0.3 is 20.7 Å². The number of fused-ring (bicyclic) bond motifs is 6. The second kappa shape index (κ2) is 16.3. The zero-order chi connectivity index (χ0) is 44.3. The van der Waals surface area contributed by atoms with Crippen LogP contribution in [0.1, 0.15) is 51.7 Å². The van der Waals surface area contributed by atoms with Crippen LogP contribution >= 0.6 is 11.3 Å². The van der Waals surface area contributed by atoms with Crippen molar-refractivity contribution in [2.45, 2.75) is 51.4 Å². The second-order valence-corrected chi connectivity index (χ2v) is 20.2. The van der Waals surface area contributed by atoms with Crippen LogP contribution in [0, 0.1) is 0 Å². The molecule has 0 atom stereocenters. The molecular formula is C53H44AlN5O5S. The van der Waals surface area contributed by atoms with Crippen molar-refractivity contribution in [3.05, 3.63) is 168 Å². The molecule has 0 spiro atoms. The lowest BCUT2D eigenvalue weighted by atomic mass is 9.69. The highest BCUT2D eigenvalue weighted by atomic mass is 32.1. The van der Waals surface area contributed by atoms with E-state index in [1.807, 2.05) is 121 Å². The van der Waals surface area contributed by atoms with Gasteiger partial charge in [-0.2, -0.15) is 0 Å². The lowest BCUT2D eigenvalue weighted by Gasteiger charge is -2.48. The third kappa shape index (κ3) is 7.61. The summed E-state index contributed by atoms with van der Waals surface area (Å²) in [5.74, 6) is 1.82. The highest BCUT2D eigenvalue weighted by Crippen LogP contribution is 2.52. The van der Waals surface area contributed by atoms with Crippen molar-refractivity contribution >= 4 is 86.1 Å². The molecule has 0 aliphatic carbocycles. The zero-order valence-corrected chi connectivity index (χ0v) is 38.4. The number of aromatic nitrogens is 4. The summed E-state index contributed by atoms with van der Waals surface area (Å²) < 4.78 is 26.4. The smallest absolute Gasteiger partial charge is 0.576 e. The molecule has 5 aromatic heterocycles. The SMILES string of the molecule is CC1(C)CCN2CCC(C)(C)c3c2c1cc1cc(-c2nc4ccccc4s2)c(=O)oc31.c1cnc2c([O][Al]([O]c3cccc4cccnc34)[O]c3cccc4cccnc34)cccc2c1. The maximum absolute atomic E-state index is 13.2. The largest absolute Gasteiger partial charge is 1.20 e. The van der Waals surface area contributed by atoms with Gasteiger partial charge in [-0.1, -0.05) is 94.4 Å². The van der Waals surface area contributed by atoms with E-state index in [1.54, 1.807) is 29.9 Å². The normalized spacial score (nSPS) is 14.8. The number of benzene rings is 5. The molecule has 0 amide bonds. The average molecular weight is 890 g/mol. The molecule has 0 fully saturated rings. The molecule has 2 aliphatic heterocycles. The molecule has 0 saturated heterocycles. The molecule has 10 aromatic rings. The fraction of sp³-hybridized carbons (Fsp3) is 0.189. The highest BCUT2D eigenvalue weighted by Gasteiger charge is 2.46. The molecule has 5 aromatic carbocycles. The first kappa shape index (κ1) is 40.9. The van der Waals surface area contributed by atoms with Gasteiger partial charge in [0, 0.05) is 64.5 Å². The topological polar surface area (TPSA) is 113 Å². The van der Waals surface area contributed by atoms with Crippen LogP contribution in [0.3, 0.4) is 0 Å². The number of hydrogen-bond acceptors (Lipinski definition) is 11. The fourth-order valence-electron chi connectivity index (χ4n) is 9.19. The van der Waals surface area contributed by atoms with Crippen molar-refractivity contribution < 1.29 is 15.8 Å². The number of para-hydroxylation sites is 4. The molecule has 0 saturated carbocycles. The van der Waals surface area contributed by atoms with Crippen molar-refractivity contribution in [3.8, 4) is 27.8 Å². The van der Waals surface area contributed by atoms with Crippen LogP contribution in [0.5, 0.6) is 17.2 Å². The van der Waals surface area contributed by atoms with Gasteiger partial charge in [-0.15, -0.1) is 11.3 Å². The van der Waals surface area contributed by atoms with E-state index in [0.717, 1.165) is 84.8 Å². The Morgan fingerprint density at radius 3 is 1.69 bits per heavy atom. The average Bonchev–Trinajstić information content (AvgIpc) is 3.75. The van der Waals surface area contributed by atoms with E-state index in [1.165, 1.54) is 16.8 Å². The first-order valence-corrected chi connectivity index (χ1v) is 24.1. The lowest BCUT2D eigenvalue weighted by Crippen LogP contribution is -2.44. The number of hydrogen-bond donors (Lipinski definition) is 0. The molecule has 7 heterocycles. The van der Waals surface area contributed by atoms with Crippen molar-refractivity contribution in [2.24, 2.45) is 0 Å². The van der Waals surface area contributed by atoms with Gasteiger partial charge in [0.25, 0.3) is 0 Å². The Balaban J connectivity index is 0.000000145. The summed E-state index contributed by atoms with van der Waals surface area (Å²) >= 11 is -1.31. The van der Waals surface area contributed by atoms with Crippen LogP contribution < -0.4 is 21.9 Å². The maximum Gasteiger partial charge on any atom is 1.20 e. The molecule has 320 valence electrons. The van der Waals surface area contributed by atoms with Crippen LogP contribution in [0.25, 0.3) is 64.5 Å². The molecule has 0 bridgehead atoms. The Kier molecular flexibility index (Phi) is 10.3. The monoisotopic (exact) mass is 889 g/mol. The number of pyridine rings is 3. The van der Waals surface area contributed by atoms with Crippen LogP contribution in [0.15, 0.2) is 155 Å². The van der Waals surface area contributed by atoms with E-state index in [0.29, 0.717) is 22.8 Å². The molecule has 0 unspecified atom stereocenters. The molecule has 12 heteroatoms. The maximum atomic E-state index is 13.2. The quantitative estimate of drug-likeness (QED) is 0.113. The predicted octanol–water partition coefficient (Wildman–Crippen LogP) is 12.1. The Hall–Kier alpha value is -6.84. The summed E-state index contributed by atoms with van der Waals surface area (Å²) in [6, 6.07) is 41.4. The van der Waals surface area contributed by atoms with Gasteiger partial charge in [0.2, 0.25) is 0 Å². The zero-order valence-electron chi connectivity index (χ0n) is 36.4. The van der Waals surface area contributed by atoms with E-state index < -0.39 is 15.1 Å². The first-order valence-electron chi connectivity index (χ1n) is 21.9. The van der Waals surface area contributed by atoms with Crippen LogP contribution in [-0.2, 0) is 10.8 Å². The van der Waals surface area contributed by atoms with Crippen LogP contribution in [0.2, 0.25) is 0 Å². The number of thiazole rings is 1. The molecule has 0 radical (unpaired) electrons. The van der Waals surface area contributed by atoms with Crippen molar-refractivity contribution in [2.75, 3.05) is 18.0 Å². The second-order valence-electron chi connectivity index (χ2n) is 17.9. The molecule has 0 N–H and O–H groups in total. The van der Waals surface area contributed by atoms with Gasteiger partial charge in [-0.3, -0.25) is 15.0 Å². The first-order chi connectivity index (χ1) is 31.6. The number of anilines is 1. The molecular weight excluding hydrogens is 846 g/mol. The third-order valence-corrected chi connectivity index (χ3v) is 15.1. The van der Waals surface area contributed by atoms with Crippen LogP contribution in [-0.4, -0.2) is 48.2 Å². The summed E-state index contributed by atoms with van der Waals surface area (Å²) in [4.78, 5) is 33.9. The number of nitrogens with zero attached hydrogens (tertiary/aromatic N) is 5. The summed E-state index contributed by atoms with van der Waals surface area (Å²) in [7, 11) is 0. The minimum absolute atomic E-state index is 0.0408. The van der Waals surface area contributed by atoms with Crippen LogP contribution in [0.4, 0.5) is 5.69 Å². The minimum Gasteiger partial charge on any atom is -0.576 e. The van der Waals surface area contributed by atoms with Gasteiger partial charge in [0.1, 0.15) is 44.4 Å². The van der Waals surface area contributed by atoms with Crippen molar-refractivity contribution in [1.29, 1.82) is 0 Å². The Labute approximate surface area is 384 Å². The van der Waals surface area contributed by atoms with Gasteiger partial charge in [0.15, 0.2) is 0 Å². The van der Waals surface area contributed by atoms with Gasteiger partial charge >= 0.3 is 20.8 Å². The van der Waals surface area contributed by atoms with Gasteiger partial charge in [-0.25, -0.2) is 9.78 Å². The van der Waals surface area contributed by atoms with E-state index in [9.17, 15) is 4.79 Å². The predicted molar refractivity (Wildman–Crippen MR) is 261 cm³/mol. The Morgan fingerprint density at radius 2 is 1.14 bits per heavy atom. The van der Waals surface area contributed by atoms with Gasteiger partial charge in [-0.05, 0) is 89.9 Å². The third-order valence-electron chi connectivity index (χ3n) is 12.7. The van der Waals surface area contributed by atoms with Gasteiger partial charge in [0.05, 0.1) is 15.8 Å². The van der Waals surface area contributed by atoms with Crippen molar-refractivity contribution in [1.82, 2.24) is 19.9 Å². The summed E-state index contributed by atoms with van der Waals surface area (Å²) in [5.41, 5.74) is 8.10. The summed E-state index contributed by atoms with van der Waals surface area (Å²) in [6.07, 6.45) is 7.43. The van der Waals surface area contributed by atoms with E-state index in [4.69, 9.17) is 20.8 Å². The highest BCUT2D eigenvalue weighted by molar-refractivity contribution is 7.21.